The van der Waals surface area contributed by atoms with Crippen molar-refractivity contribution >= 4 is 21.8 Å². The largest absolute Gasteiger partial charge is 0.337 e. The molecule has 1 amide bonds. The van der Waals surface area contributed by atoms with Gasteiger partial charge >= 0.3 is 0 Å². The van der Waals surface area contributed by atoms with Crippen LogP contribution >= 0.6 is 0 Å². The van der Waals surface area contributed by atoms with Gasteiger partial charge in [-0.15, -0.1) is 4.40 Å². The topological polar surface area (TPSA) is 73.3 Å². The number of rotatable bonds is 3. The van der Waals surface area contributed by atoms with E-state index < -0.39 is 10.0 Å². The average Bonchev–Trinajstić information content (AvgIpc) is 2.94. The third-order valence-electron chi connectivity index (χ3n) is 5.28. The zero-order valence-electron chi connectivity index (χ0n) is 16.0. The van der Waals surface area contributed by atoms with Crippen LogP contribution in [0.4, 0.5) is 4.39 Å². The normalized spacial score (nSPS) is 21.8. The zero-order chi connectivity index (χ0) is 20.4. The molecule has 3 heterocycles. The Morgan fingerprint density at radius 2 is 1.86 bits per heavy atom. The van der Waals surface area contributed by atoms with Crippen molar-refractivity contribution < 1.29 is 17.6 Å². The Labute approximate surface area is 169 Å². The molecule has 3 aliphatic heterocycles. The lowest BCUT2D eigenvalue weighted by atomic mass is 10.1. The van der Waals surface area contributed by atoms with Crippen LogP contribution in [0.1, 0.15) is 12.0 Å². The van der Waals surface area contributed by atoms with Crippen LogP contribution in [0.15, 0.2) is 52.6 Å². The number of carbonyl (C=O) groups excluding carboxylic acids is 1. The molecule has 1 saturated heterocycles. The summed E-state index contributed by atoms with van der Waals surface area (Å²) in [6, 6.07) is 6.46. The molecule has 3 aliphatic rings. The third-order valence-corrected chi connectivity index (χ3v) is 6.43. The van der Waals surface area contributed by atoms with E-state index in [2.05, 4.69) is 9.30 Å². The van der Waals surface area contributed by atoms with Crippen LogP contribution in [0.2, 0.25) is 0 Å². The Morgan fingerprint density at radius 1 is 1.07 bits per heavy atom. The number of nitrogens with zero attached hydrogens (tertiary/aromatic N) is 4. The Hall–Kier alpha value is -2.52. The molecule has 0 radical (unpaired) electrons. The zero-order valence-corrected chi connectivity index (χ0v) is 16.8. The minimum absolute atomic E-state index is 0.0512. The Bertz CT molecular complexity index is 985. The van der Waals surface area contributed by atoms with Crippen molar-refractivity contribution in [3.05, 3.63) is 59.6 Å². The van der Waals surface area contributed by atoms with Crippen LogP contribution in [0, 0.1) is 5.82 Å². The van der Waals surface area contributed by atoms with Crippen molar-refractivity contribution in [3.63, 3.8) is 0 Å². The maximum absolute atomic E-state index is 13.1. The number of amidine groups is 1. The van der Waals surface area contributed by atoms with Crippen molar-refractivity contribution in [2.45, 2.75) is 13.0 Å². The number of benzene rings is 1. The molecule has 0 bridgehead atoms. The molecule has 4 rings (SSSR count). The fourth-order valence-corrected chi connectivity index (χ4v) is 4.72. The molecular formula is C20H23FN4O3S. The summed E-state index contributed by atoms with van der Waals surface area (Å²) in [5, 5.41) is 0. The SMILES string of the molecule is O=C(C1=CC=CN2CCS(=O)(=O)N=C12)N1CCCN(Cc2ccc(F)cc2)CC1. The van der Waals surface area contributed by atoms with Gasteiger partial charge < -0.3 is 9.80 Å². The van der Waals surface area contributed by atoms with Crippen LogP contribution in [0.25, 0.3) is 0 Å². The highest BCUT2D eigenvalue weighted by molar-refractivity contribution is 7.90. The van der Waals surface area contributed by atoms with E-state index in [0.29, 0.717) is 38.3 Å². The number of allylic oxidation sites excluding steroid dienone is 2. The molecule has 29 heavy (non-hydrogen) atoms. The first-order valence-corrected chi connectivity index (χ1v) is 11.3. The second-order valence-electron chi connectivity index (χ2n) is 7.36. The van der Waals surface area contributed by atoms with Gasteiger partial charge in [-0.25, -0.2) is 12.8 Å². The molecule has 0 atom stereocenters. The number of carbonyl (C=O) groups is 1. The first-order chi connectivity index (χ1) is 13.9. The van der Waals surface area contributed by atoms with Crippen molar-refractivity contribution in [2.75, 3.05) is 38.5 Å². The second kappa shape index (κ2) is 8.08. The Balaban J connectivity index is 1.44. The van der Waals surface area contributed by atoms with E-state index in [4.69, 9.17) is 0 Å². The van der Waals surface area contributed by atoms with Crippen molar-refractivity contribution in [3.8, 4) is 0 Å². The number of hydrogen-bond donors (Lipinski definition) is 0. The fraction of sp³-hybridized carbons (Fsp3) is 0.400. The quantitative estimate of drug-likeness (QED) is 0.741. The lowest BCUT2D eigenvalue weighted by molar-refractivity contribution is -0.126. The summed E-state index contributed by atoms with van der Waals surface area (Å²) < 4.78 is 40.8. The molecule has 0 unspecified atom stereocenters. The maximum Gasteiger partial charge on any atom is 0.257 e. The van der Waals surface area contributed by atoms with Gasteiger partial charge in [0.25, 0.3) is 15.9 Å². The van der Waals surface area contributed by atoms with E-state index in [1.165, 1.54) is 12.1 Å². The van der Waals surface area contributed by atoms with Crippen LogP contribution < -0.4 is 0 Å². The van der Waals surface area contributed by atoms with E-state index in [0.717, 1.165) is 18.5 Å². The minimum Gasteiger partial charge on any atom is -0.337 e. The average molecular weight is 418 g/mol. The molecule has 0 saturated carbocycles. The first kappa shape index (κ1) is 19.8. The standard InChI is InChI=1S/C20H23FN4O3S/c21-17-6-4-16(5-7-17)15-23-8-2-10-25(12-11-23)20(26)18-3-1-9-24-13-14-29(27,28)22-19(18)24/h1,3-7,9H,2,8,10-15H2. The van der Waals surface area contributed by atoms with E-state index in [1.807, 2.05) is 0 Å². The molecular weight excluding hydrogens is 395 g/mol. The summed E-state index contributed by atoms with van der Waals surface area (Å²) >= 11 is 0. The van der Waals surface area contributed by atoms with E-state index >= 15 is 0 Å². The van der Waals surface area contributed by atoms with E-state index in [-0.39, 0.29) is 23.3 Å². The molecule has 7 nitrogen and oxygen atoms in total. The van der Waals surface area contributed by atoms with Crippen molar-refractivity contribution in [1.82, 2.24) is 14.7 Å². The molecule has 154 valence electrons. The second-order valence-corrected chi connectivity index (χ2v) is 9.12. The highest BCUT2D eigenvalue weighted by Crippen LogP contribution is 2.20. The maximum atomic E-state index is 13.1. The highest BCUT2D eigenvalue weighted by Gasteiger charge is 2.32. The predicted molar refractivity (Wildman–Crippen MR) is 108 cm³/mol. The van der Waals surface area contributed by atoms with Gasteiger partial charge in [0.05, 0.1) is 11.3 Å². The molecule has 0 spiro atoms. The first-order valence-electron chi connectivity index (χ1n) is 9.65. The summed E-state index contributed by atoms with van der Waals surface area (Å²) in [6.45, 7) is 3.67. The number of halogens is 1. The fourth-order valence-electron chi connectivity index (χ4n) is 3.73. The summed E-state index contributed by atoms with van der Waals surface area (Å²) in [5.74, 6) is -0.280. The molecule has 0 aromatic heterocycles. The Kier molecular flexibility index (Phi) is 5.51. The van der Waals surface area contributed by atoms with E-state index in [1.54, 1.807) is 40.3 Å². The predicted octanol–water partition coefficient (Wildman–Crippen LogP) is 1.36. The molecule has 9 heteroatoms. The van der Waals surface area contributed by atoms with Gasteiger partial charge in [0.1, 0.15) is 5.82 Å². The summed E-state index contributed by atoms with van der Waals surface area (Å²) in [6.07, 6.45) is 5.95. The molecule has 0 aliphatic carbocycles. The van der Waals surface area contributed by atoms with Crippen LogP contribution in [-0.4, -0.2) is 73.3 Å². The van der Waals surface area contributed by atoms with Gasteiger partial charge in [-0.1, -0.05) is 12.1 Å². The van der Waals surface area contributed by atoms with Crippen LogP contribution in [0.5, 0.6) is 0 Å². The number of fused-ring (bicyclic) bond motifs is 1. The third kappa shape index (κ3) is 4.56. The van der Waals surface area contributed by atoms with Crippen molar-refractivity contribution in [1.29, 1.82) is 0 Å². The number of sulfonamides is 1. The van der Waals surface area contributed by atoms with Gasteiger partial charge in [-0.05, 0) is 36.3 Å². The number of hydrogen-bond acceptors (Lipinski definition) is 5. The monoisotopic (exact) mass is 418 g/mol. The van der Waals surface area contributed by atoms with Gasteiger partial charge in [-0.2, -0.15) is 0 Å². The molecule has 1 aromatic carbocycles. The molecule has 1 aromatic rings. The van der Waals surface area contributed by atoms with E-state index in [9.17, 15) is 17.6 Å². The summed E-state index contributed by atoms with van der Waals surface area (Å²) in [4.78, 5) is 18.9. The smallest absolute Gasteiger partial charge is 0.257 e. The summed E-state index contributed by atoms with van der Waals surface area (Å²) in [5.41, 5.74) is 1.35. The number of amides is 1. The lowest BCUT2D eigenvalue weighted by Crippen LogP contribution is -2.44. The summed E-state index contributed by atoms with van der Waals surface area (Å²) in [7, 11) is -3.54. The van der Waals surface area contributed by atoms with Gasteiger partial charge in [0.15, 0.2) is 5.84 Å². The highest BCUT2D eigenvalue weighted by atomic mass is 32.2. The lowest BCUT2D eigenvalue weighted by Gasteiger charge is -2.31. The van der Waals surface area contributed by atoms with Gasteiger partial charge in [-0.3, -0.25) is 9.69 Å². The minimum atomic E-state index is -3.54. The van der Waals surface area contributed by atoms with Crippen LogP contribution in [-0.2, 0) is 21.4 Å². The van der Waals surface area contributed by atoms with Crippen molar-refractivity contribution in [2.24, 2.45) is 4.40 Å². The Morgan fingerprint density at radius 3 is 2.66 bits per heavy atom. The van der Waals surface area contributed by atoms with Crippen LogP contribution in [0.3, 0.4) is 0 Å². The molecule has 0 N–H and O–H groups in total. The van der Waals surface area contributed by atoms with Gasteiger partial charge in [0, 0.05) is 45.5 Å². The van der Waals surface area contributed by atoms with Gasteiger partial charge in [0.2, 0.25) is 0 Å². The molecule has 1 fully saturated rings.